The molecule has 4 rings (SSSR count). The molecule has 0 saturated heterocycles. The Hall–Kier alpha value is -3.47. The van der Waals surface area contributed by atoms with Gasteiger partial charge in [0.2, 0.25) is 0 Å². The minimum atomic E-state index is -1.47. The van der Waals surface area contributed by atoms with E-state index in [1.807, 2.05) is 0 Å². The lowest BCUT2D eigenvalue weighted by Crippen LogP contribution is -2.42. The van der Waals surface area contributed by atoms with Crippen LogP contribution in [0.1, 0.15) is 17.0 Å². The number of fused-ring (bicyclic) bond motifs is 1. The molecule has 0 bridgehead atoms. The monoisotopic (exact) mass is 552 g/mol. The zero-order valence-corrected chi connectivity index (χ0v) is 20.9. The van der Waals surface area contributed by atoms with Crippen molar-refractivity contribution in [3.63, 3.8) is 0 Å². The maximum Gasteiger partial charge on any atom is 0.338 e. The van der Waals surface area contributed by atoms with Crippen molar-refractivity contribution in [2.75, 3.05) is 14.2 Å². The van der Waals surface area contributed by atoms with Gasteiger partial charge in [0.05, 0.1) is 40.8 Å². The van der Waals surface area contributed by atoms with Crippen molar-refractivity contribution in [1.82, 2.24) is 4.57 Å². The third kappa shape index (κ3) is 4.11. The van der Waals surface area contributed by atoms with Gasteiger partial charge in [0.1, 0.15) is 22.1 Å². The second-order valence-electron chi connectivity index (χ2n) is 7.46. The standard InChI is InChI=1S/C24H16Cl2F2N2O5S/c1-34-23(32)18-17(16-12(26)6-4-8-14(16)28)19(24(33)35-2)22-30(20(18)29)21(31)15(36-22)9-10-11(25)5-3-7-13(10)27/h3-9,17H,29H2,1-2H3. The molecule has 36 heavy (non-hydrogen) atoms. The molecule has 0 amide bonds. The summed E-state index contributed by atoms with van der Waals surface area (Å²) in [5.41, 5.74) is 4.52. The summed E-state index contributed by atoms with van der Waals surface area (Å²) in [6.45, 7) is 0. The van der Waals surface area contributed by atoms with E-state index in [0.29, 0.717) is 0 Å². The highest BCUT2D eigenvalue weighted by atomic mass is 35.5. The molecule has 0 fully saturated rings. The van der Waals surface area contributed by atoms with Gasteiger partial charge >= 0.3 is 11.9 Å². The van der Waals surface area contributed by atoms with E-state index in [2.05, 4.69) is 0 Å². The van der Waals surface area contributed by atoms with Crippen molar-refractivity contribution in [2.24, 2.45) is 5.73 Å². The third-order valence-electron chi connectivity index (χ3n) is 5.52. The van der Waals surface area contributed by atoms with E-state index < -0.39 is 46.4 Å². The van der Waals surface area contributed by atoms with E-state index in [9.17, 15) is 18.8 Å². The molecular formula is C24H16Cl2F2N2O5S. The van der Waals surface area contributed by atoms with Crippen molar-refractivity contribution in [2.45, 2.75) is 5.92 Å². The number of esters is 2. The van der Waals surface area contributed by atoms with Crippen LogP contribution in [0.15, 0.2) is 46.8 Å². The Morgan fingerprint density at radius 1 is 1.00 bits per heavy atom. The largest absolute Gasteiger partial charge is 0.466 e. The minimum absolute atomic E-state index is 0.0396. The van der Waals surface area contributed by atoms with E-state index in [4.69, 9.17) is 38.4 Å². The van der Waals surface area contributed by atoms with Crippen LogP contribution in [0.5, 0.6) is 0 Å². The van der Waals surface area contributed by atoms with Crippen LogP contribution >= 0.6 is 34.5 Å². The van der Waals surface area contributed by atoms with Gasteiger partial charge in [-0.3, -0.25) is 9.36 Å². The van der Waals surface area contributed by atoms with Crippen LogP contribution in [0, 0.1) is 11.6 Å². The van der Waals surface area contributed by atoms with Crippen molar-refractivity contribution in [3.8, 4) is 0 Å². The maximum atomic E-state index is 15.1. The van der Waals surface area contributed by atoms with Gasteiger partial charge in [0.15, 0.2) is 0 Å². The summed E-state index contributed by atoms with van der Waals surface area (Å²) in [5.74, 6) is -5.40. The predicted octanol–water partition coefficient (Wildman–Crippen LogP) is 2.75. The van der Waals surface area contributed by atoms with Gasteiger partial charge in [-0.25, -0.2) is 18.4 Å². The van der Waals surface area contributed by atoms with E-state index >= 15 is 4.39 Å². The van der Waals surface area contributed by atoms with Gasteiger partial charge in [-0.1, -0.05) is 35.3 Å². The number of thiazole rings is 1. The van der Waals surface area contributed by atoms with E-state index in [1.165, 1.54) is 30.3 Å². The molecule has 7 nitrogen and oxygen atoms in total. The summed E-state index contributed by atoms with van der Waals surface area (Å²) in [6, 6.07) is 7.81. The lowest BCUT2D eigenvalue weighted by atomic mass is 9.83. The molecule has 2 N–H and O–H groups in total. The smallest absolute Gasteiger partial charge is 0.338 e. The van der Waals surface area contributed by atoms with Crippen LogP contribution < -0.4 is 20.5 Å². The molecule has 12 heteroatoms. The summed E-state index contributed by atoms with van der Waals surface area (Å²) in [6.07, 6.45) is 1.20. The molecule has 1 unspecified atom stereocenters. The van der Waals surface area contributed by atoms with E-state index in [1.54, 1.807) is 0 Å². The summed E-state index contributed by atoms with van der Waals surface area (Å²) >= 11 is 13.2. The molecule has 0 radical (unpaired) electrons. The van der Waals surface area contributed by atoms with Crippen LogP contribution in [0.2, 0.25) is 10.0 Å². The first-order chi connectivity index (χ1) is 17.1. The Morgan fingerprint density at radius 2 is 1.58 bits per heavy atom. The van der Waals surface area contributed by atoms with Crippen LogP contribution in [0.25, 0.3) is 17.5 Å². The van der Waals surface area contributed by atoms with E-state index in [0.717, 1.165) is 42.3 Å². The van der Waals surface area contributed by atoms with Gasteiger partial charge in [0.25, 0.3) is 5.56 Å². The Kier molecular flexibility index (Phi) is 7.03. The zero-order valence-electron chi connectivity index (χ0n) is 18.6. The molecule has 1 aliphatic heterocycles. The number of hydrogen-bond donors (Lipinski definition) is 1. The quantitative estimate of drug-likeness (QED) is 0.499. The van der Waals surface area contributed by atoms with Gasteiger partial charge in [-0.2, -0.15) is 0 Å². The second kappa shape index (κ2) is 9.88. The normalized spacial score (nSPS) is 15.7. The lowest BCUT2D eigenvalue weighted by Gasteiger charge is -2.27. The Labute approximate surface area is 216 Å². The summed E-state index contributed by atoms with van der Waals surface area (Å²) in [7, 11) is 2.14. The zero-order chi connectivity index (χ0) is 26.3. The SMILES string of the molecule is COC(=O)C1=C(N)n2c(sc(=Cc3c(F)cccc3Cl)c2=O)=C(C(=O)OC)C1c1c(F)cccc1Cl. The molecule has 1 aliphatic rings. The van der Waals surface area contributed by atoms with Gasteiger partial charge in [0, 0.05) is 16.1 Å². The fourth-order valence-electron chi connectivity index (χ4n) is 3.92. The number of nitrogens with two attached hydrogens (primary N) is 1. The first kappa shape index (κ1) is 25.6. The van der Waals surface area contributed by atoms with Crippen LogP contribution in [-0.4, -0.2) is 30.7 Å². The molecular weight excluding hydrogens is 537 g/mol. The van der Waals surface area contributed by atoms with Gasteiger partial charge < -0.3 is 15.2 Å². The highest BCUT2D eigenvalue weighted by Crippen LogP contribution is 2.41. The molecule has 186 valence electrons. The van der Waals surface area contributed by atoms with Crippen molar-refractivity contribution < 1.29 is 27.8 Å². The Morgan fingerprint density at radius 3 is 2.17 bits per heavy atom. The van der Waals surface area contributed by atoms with Gasteiger partial charge in [-0.05, 0) is 30.3 Å². The number of ether oxygens (including phenoxy) is 2. The minimum Gasteiger partial charge on any atom is -0.466 e. The first-order valence-corrected chi connectivity index (χ1v) is 11.7. The summed E-state index contributed by atoms with van der Waals surface area (Å²) in [5, 5.41) is -0.0643. The number of rotatable bonds is 4. The fourth-order valence-corrected chi connectivity index (χ4v) is 5.56. The summed E-state index contributed by atoms with van der Waals surface area (Å²) < 4.78 is 40.1. The van der Waals surface area contributed by atoms with Crippen LogP contribution in [0.4, 0.5) is 8.78 Å². The fraction of sp³-hybridized carbons (Fsp3) is 0.125. The van der Waals surface area contributed by atoms with Gasteiger partial charge in [-0.15, -0.1) is 11.3 Å². The third-order valence-corrected chi connectivity index (χ3v) is 7.29. The molecule has 2 heterocycles. The van der Waals surface area contributed by atoms with Crippen molar-refractivity contribution in [1.29, 1.82) is 0 Å². The topological polar surface area (TPSA) is 101 Å². The van der Waals surface area contributed by atoms with Crippen LogP contribution in [0.3, 0.4) is 0 Å². The van der Waals surface area contributed by atoms with Crippen molar-refractivity contribution >= 4 is 63.9 Å². The molecule has 0 spiro atoms. The number of benzene rings is 2. The number of carbonyl (C=O) groups excluding carboxylic acids is 2. The number of hydrogen-bond acceptors (Lipinski definition) is 7. The highest BCUT2D eigenvalue weighted by molar-refractivity contribution is 7.07. The molecule has 1 atom stereocenters. The predicted molar refractivity (Wildman–Crippen MR) is 132 cm³/mol. The molecule has 2 aromatic carbocycles. The van der Waals surface area contributed by atoms with E-state index in [-0.39, 0.29) is 35.9 Å². The lowest BCUT2D eigenvalue weighted by molar-refractivity contribution is -0.136. The second-order valence-corrected chi connectivity index (χ2v) is 9.30. The molecule has 3 aromatic rings. The van der Waals surface area contributed by atoms with Crippen LogP contribution in [-0.2, 0) is 19.1 Å². The first-order valence-electron chi connectivity index (χ1n) is 10.1. The number of carbonyl (C=O) groups is 2. The van der Waals surface area contributed by atoms with Crippen molar-refractivity contribution in [3.05, 3.63) is 94.3 Å². The Balaban J connectivity index is 2.21. The average molecular weight is 553 g/mol. The molecule has 0 saturated carbocycles. The average Bonchev–Trinajstić information content (AvgIpc) is 3.16. The Bertz CT molecular complexity index is 1600. The number of halogens is 4. The molecule has 0 aliphatic carbocycles. The molecule has 1 aromatic heterocycles. The number of methoxy groups -OCH3 is 2. The number of aromatic nitrogens is 1. The highest BCUT2D eigenvalue weighted by Gasteiger charge is 2.41. The summed E-state index contributed by atoms with van der Waals surface area (Å²) in [4.78, 5) is 39.3. The maximum absolute atomic E-state index is 15.1. The number of nitrogens with zero attached hydrogens (tertiary/aromatic N) is 1.